The van der Waals surface area contributed by atoms with E-state index >= 15 is 0 Å². The highest BCUT2D eigenvalue weighted by molar-refractivity contribution is 7.15. The number of halogens is 1. The minimum atomic E-state index is 0.524. The predicted molar refractivity (Wildman–Crippen MR) is 70.6 cm³/mol. The number of nitrogens with one attached hydrogen (secondary N) is 1. The van der Waals surface area contributed by atoms with Crippen LogP contribution in [0.15, 0.2) is 18.3 Å². The molecular formula is C12H12ClN3S. The van der Waals surface area contributed by atoms with Crippen LogP contribution in [0.1, 0.15) is 10.6 Å². The van der Waals surface area contributed by atoms with Gasteiger partial charge in [-0.25, -0.2) is 9.97 Å². The molecule has 1 aliphatic rings. The molecule has 0 spiro atoms. The second-order valence-electron chi connectivity index (χ2n) is 4.01. The average Bonchev–Trinajstić information content (AvgIpc) is 2.62. The molecule has 2 aromatic rings. The van der Waals surface area contributed by atoms with E-state index in [-0.39, 0.29) is 0 Å². The predicted octanol–water partition coefficient (Wildman–Crippen LogP) is 2.55. The van der Waals surface area contributed by atoms with Gasteiger partial charge in [-0.1, -0.05) is 11.6 Å². The number of nitrogens with zero attached hydrogens (tertiary/aromatic N) is 2. The quantitative estimate of drug-likeness (QED) is 0.806. The largest absolute Gasteiger partial charge is 0.316 e. The van der Waals surface area contributed by atoms with Gasteiger partial charge in [0.2, 0.25) is 0 Å². The fraction of sp³-hybridized carbons (Fsp3) is 0.333. The Morgan fingerprint density at radius 3 is 2.94 bits per heavy atom. The lowest BCUT2D eigenvalue weighted by molar-refractivity contribution is 0.709. The van der Waals surface area contributed by atoms with Gasteiger partial charge in [0.05, 0.1) is 5.69 Å². The monoisotopic (exact) mass is 265 g/mol. The van der Waals surface area contributed by atoms with Gasteiger partial charge >= 0.3 is 0 Å². The molecule has 0 saturated carbocycles. The molecule has 0 atom stereocenters. The molecule has 0 aliphatic carbocycles. The van der Waals surface area contributed by atoms with Gasteiger partial charge in [0.1, 0.15) is 10.2 Å². The molecule has 88 valence electrons. The summed E-state index contributed by atoms with van der Waals surface area (Å²) in [5, 5.41) is 4.96. The van der Waals surface area contributed by atoms with Crippen LogP contribution < -0.4 is 5.32 Å². The Kier molecular flexibility index (Phi) is 3.09. The molecule has 0 amide bonds. The minimum Gasteiger partial charge on any atom is -0.316 e. The van der Waals surface area contributed by atoms with Gasteiger partial charge in [0.15, 0.2) is 0 Å². The van der Waals surface area contributed by atoms with Gasteiger partial charge in [-0.3, -0.25) is 0 Å². The third-order valence-electron chi connectivity index (χ3n) is 2.82. The Bertz CT molecular complexity index is 498. The zero-order valence-electron chi connectivity index (χ0n) is 9.24. The van der Waals surface area contributed by atoms with E-state index in [1.54, 1.807) is 17.5 Å². The maximum atomic E-state index is 5.79. The van der Waals surface area contributed by atoms with Crippen molar-refractivity contribution in [3.63, 3.8) is 0 Å². The highest BCUT2D eigenvalue weighted by atomic mass is 35.5. The topological polar surface area (TPSA) is 37.8 Å². The second-order valence-corrected chi connectivity index (χ2v) is 5.48. The standard InChI is InChI=1S/C12H12ClN3S/c13-11-2-1-8(7-15-11)12-16-9-3-5-14-6-4-10(9)17-12/h1-2,7,14H,3-6H2. The average molecular weight is 266 g/mol. The Hall–Kier alpha value is -0.970. The maximum Gasteiger partial charge on any atom is 0.129 e. The Morgan fingerprint density at radius 2 is 2.12 bits per heavy atom. The van der Waals surface area contributed by atoms with Gasteiger partial charge in [-0.2, -0.15) is 0 Å². The van der Waals surface area contributed by atoms with Crippen LogP contribution in [0, 0.1) is 0 Å². The van der Waals surface area contributed by atoms with E-state index < -0.39 is 0 Å². The van der Waals surface area contributed by atoms with Gasteiger partial charge in [-0.15, -0.1) is 11.3 Å². The third-order valence-corrected chi connectivity index (χ3v) is 4.25. The van der Waals surface area contributed by atoms with Crippen molar-refractivity contribution < 1.29 is 0 Å². The molecule has 0 aromatic carbocycles. The SMILES string of the molecule is Clc1ccc(-c2nc3c(s2)CCNCC3)cn1. The molecule has 0 saturated heterocycles. The molecular weight excluding hydrogens is 254 g/mol. The summed E-state index contributed by atoms with van der Waals surface area (Å²) < 4.78 is 0. The number of hydrogen-bond acceptors (Lipinski definition) is 4. The molecule has 2 aromatic heterocycles. The van der Waals surface area contributed by atoms with Gasteiger partial charge in [0.25, 0.3) is 0 Å². The number of aromatic nitrogens is 2. The second kappa shape index (κ2) is 4.72. The van der Waals surface area contributed by atoms with Crippen LogP contribution in [-0.4, -0.2) is 23.1 Å². The smallest absolute Gasteiger partial charge is 0.129 e. The zero-order chi connectivity index (χ0) is 11.7. The number of fused-ring (bicyclic) bond motifs is 1. The number of hydrogen-bond donors (Lipinski definition) is 1. The van der Waals surface area contributed by atoms with E-state index in [0.29, 0.717) is 5.15 Å². The van der Waals surface area contributed by atoms with E-state index in [1.165, 1.54) is 10.6 Å². The maximum absolute atomic E-state index is 5.79. The molecule has 5 heteroatoms. The fourth-order valence-corrected chi connectivity index (χ4v) is 3.14. The van der Waals surface area contributed by atoms with Crippen molar-refractivity contribution in [3.05, 3.63) is 34.1 Å². The summed E-state index contributed by atoms with van der Waals surface area (Å²) in [4.78, 5) is 10.2. The molecule has 17 heavy (non-hydrogen) atoms. The van der Waals surface area contributed by atoms with Crippen LogP contribution in [0.2, 0.25) is 5.15 Å². The molecule has 0 radical (unpaired) electrons. The van der Waals surface area contributed by atoms with Crippen molar-refractivity contribution in [3.8, 4) is 10.6 Å². The summed E-state index contributed by atoms with van der Waals surface area (Å²) in [6.45, 7) is 2.07. The Labute approximate surface area is 109 Å². The van der Waals surface area contributed by atoms with E-state index in [2.05, 4.69) is 10.3 Å². The zero-order valence-corrected chi connectivity index (χ0v) is 10.8. The molecule has 0 unspecified atom stereocenters. The lowest BCUT2D eigenvalue weighted by Crippen LogP contribution is -2.16. The van der Waals surface area contributed by atoms with Crippen LogP contribution >= 0.6 is 22.9 Å². The van der Waals surface area contributed by atoms with Crippen molar-refractivity contribution in [2.45, 2.75) is 12.8 Å². The lowest BCUT2D eigenvalue weighted by atomic mass is 10.2. The normalized spacial score (nSPS) is 15.4. The molecule has 3 nitrogen and oxygen atoms in total. The lowest BCUT2D eigenvalue weighted by Gasteiger charge is -1.97. The molecule has 3 rings (SSSR count). The minimum absolute atomic E-state index is 0.524. The molecule has 3 heterocycles. The number of thiazole rings is 1. The van der Waals surface area contributed by atoms with E-state index in [0.717, 1.165) is 36.5 Å². The first-order valence-electron chi connectivity index (χ1n) is 5.64. The molecule has 0 bridgehead atoms. The number of pyridine rings is 1. The van der Waals surface area contributed by atoms with E-state index in [9.17, 15) is 0 Å². The fourth-order valence-electron chi connectivity index (χ4n) is 1.93. The summed E-state index contributed by atoms with van der Waals surface area (Å²) >= 11 is 7.56. The van der Waals surface area contributed by atoms with Crippen LogP contribution in [0.4, 0.5) is 0 Å². The Balaban J connectivity index is 1.96. The van der Waals surface area contributed by atoms with Crippen molar-refractivity contribution in [2.75, 3.05) is 13.1 Å². The number of rotatable bonds is 1. The highest BCUT2D eigenvalue weighted by Crippen LogP contribution is 2.29. The third kappa shape index (κ3) is 2.34. The van der Waals surface area contributed by atoms with Crippen LogP contribution in [0.3, 0.4) is 0 Å². The van der Waals surface area contributed by atoms with Crippen molar-refractivity contribution in [1.82, 2.24) is 15.3 Å². The summed E-state index contributed by atoms with van der Waals surface area (Å²) in [6.07, 6.45) is 3.89. The van der Waals surface area contributed by atoms with Crippen LogP contribution in [0.5, 0.6) is 0 Å². The molecule has 1 N–H and O–H groups in total. The molecule has 1 aliphatic heterocycles. The van der Waals surface area contributed by atoms with Crippen LogP contribution in [0.25, 0.3) is 10.6 Å². The van der Waals surface area contributed by atoms with Gasteiger partial charge in [0, 0.05) is 36.1 Å². The molecule has 0 fully saturated rings. The summed E-state index contributed by atoms with van der Waals surface area (Å²) in [6, 6.07) is 3.79. The van der Waals surface area contributed by atoms with E-state index in [1.807, 2.05) is 12.1 Å². The highest BCUT2D eigenvalue weighted by Gasteiger charge is 2.14. The van der Waals surface area contributed by atoms with Gasteiger partial charge in [-0.05, 0) is 18.6 Å². The van der Waals surface area contributed by atoms with Crippen molar-refractivity contribution in [2.24, 2.45) is 0 Å². The first-order chi connectivity index (χ1) is 8.33. The summed E-state index contributed by atoms with van der Waals surface area (Å²) in [5.74, 6) is 0. The van der Waals surface area contributed by atoms with Crippen molar-refractivity contribution >= 4 is 22.9 Å². The Morgan fingerprint density at radius 1 is 1.24 bits per heavy atom. The first kappa shape index (κ1) is 11.1. The first-order valence-corrected chi connectivity index (χ1v) is 6.83. The summed E-state index contributed by atoms with van der Waals surface area (Å²) in [7, 11) is 0. The summed E-state index contributed by atoms with van der Waals surface area (Å²) in [5.41, 5.74) is 2.30. The van der Waals surface area contributed by atoms with E-state index in [4.69, 9.17) is 16.6 Å². The van der Waals surface area contributed by atoms with Crippen LogP contribution in [-0.2, 0) is 12.8 Å². The van der Waals surface area contributed by atoms with Gasteiger partial charge < -0.3 is 5.32 Å². The van der Waals surface area contributed by atoms with Crippen molar-refractivity contribution in [1.29, 1.82) is 0 Å².